The number of fused-ring (bicyclic) bond motifs is 3. The normalized spacial score (nSPS) is 10.5. The molecule has 0 saturated carbocycles. The quantitative estimate of drug-likeness (QED) is 0.408. The van der Waals surface area contributed by atoms with Crippen LogP contribution in [0.15, 0.2) is 42.6 Å². The third-order valence-electron chi connectivity index (χ3n) is 2.97. The van der Waals surface area contributed by atoms with Gasteiger partial charge in [-0.15, -0.1) is 0 Å². The summed E-state index contributed by atoms with van der Waals surface area (Å²) in [5, 5.41) is 0. The van der Waals surface area contributed by atoms with Gasteiger partial charge < -0.3 is 28.7 Å². The molecule has 0 spiro atoms. The van der Waals surface area contributed by atoms with E-state index >= 15 is 0 Å². The first-order valence-electron chi connectivity index (χ1n) is 5.24. The van der Waals surface area contributed by atoms with Gasteiger partial charge in [-0.05, 0) is 24.3 Å². The molecule has 3 nitrogen and oxygen atoms in total. The van der Waals surface area contributed by atoms with Crippen molar-refractivity contribution >= 4 is 16.7 Å². The minimum absolute atomic E-state index is 0. The number of halogens is 1. The second kappa shape index (κ2) is 4.52. The molecule has 2 aromatic heterocycles. The van der Waals surface area contributed by atoms with Crippen LogP contribution in [0, 0.1) is 0 Å². The second-order valence-corrected chi connectivity index (χ2v) is 3.82. The van der Waals surface area contributed by atoms with Crippen molar-refractivity contribution in [2.75, 3.05) is 7.11 Å². The summed E-state index contributed by atoms with van der Waals surface area (Å²) in [6.07, 6.45) is 2.06. The molecule has 1 aromatic carbocycles. The molecule has 0 aliphatic rings. The SMILES string of the molecule is COc1cccn2c3ccccc3[n+](C)c12.[I-]. The van der Waals surface area contributed by atoms with E-state index < -0.39 is 0 Å². The van der Waals surface area contributed by atoms with Gasteiger partial charge in [0.15, 0.2) is 11.0 Å². The Morgan fingerprint density at radius 2 is 1.88 bits per heavy atom. The zero-order valence-electron chi connectivity index (χ0n) is 9.72. The number of aryl methyl sites for hydroxylation is 1. The third-order valence-corrected chi connectivity index (χ3v) is 2.97. The smallest absolute Gasteiger partial charge is 0.330 e. The van der Waals surface area contributed by atoms with Gasteiger partial charge in [0.25, 0.3) is 0 Å². The van der Waals surface area contributed by atoms with Gasteiger partial charge in [0.2, 0.25) is 5.75 Å². The number of hydrogen-bond donors (Lipinski definition) is 0. The lowest BCUT2D eigenvalue weighted by Crippen LogP contribution is -3.00. The van der Waals surface area contributed by atoms with E-state index in [1.165, 1.54) is 11.0 Å². The highest BCUT2D eigenvalue weighted by Gasteiger charge is 2.19. The van der Waals surface area contributed by atoms with Gasteiger partial charge in [-0.2, -0.15) is 4.40 Å². The number of rotatable bonds is 1. The van der Waals surface area contributed by atoms with Crippen molar-refractivity contribution in [2.45, 2.75) is 0 Å². The Hall–Kier alpha value is -1.30. The summed E-state index contributed by atoms with van der Waals surface area (Å²) in [5.41, 5.74) is 3.47. The fraction of sp³-hybridized carbons (Fsp3) is 0.154. The maximum atomic E-state index is 5.40. The van der Waals surface area contributed by atoms with Crippen LogP contribution in [0.2, 0.25) is 0 Å². The molecule has 17 heavy (non-hydrogen) atoms. The number of para-hydroxylation sites is 2. The van der Waals surface area contributed by atoms with E-state index in [0.29, 0.717) is 0 Å². The first-order valence-corrected chi connectivity index (χ1v) is 5.24. The fourth-order valence-corrected chi connectivity index (χ4v) is 2.23. The van der Waals surface area contributed by atoms with Crippen LogP contribution in [0.1, 0.15) is 0 Å². The van der Waals surface area contributed by atoms with Crippen molar-refractivity contribution in [3.8, 4) is 5.75 Å². The van der Waals surface area contributed by atoms with Gasteiger partial charge in [0.05, 0.1) is 20.4 Å². The summed E-state index contributed by atoms with van der Waals surface area (Å²) in [7, 11) is 3.76. The van der Waals surface area contributed by atoms with E-state index in [4.69, 9.17) is 4.74 Å². The Labute approximate surface area is 117 Å². The predicted molar refractivity (Wildman–Crippen MR) is 62.6 cm³/mol. The van der Waals surface area contributed by atoms with Gasteiger partial charge in [-0.3, -0.25) is 0 Å². The number of aromatic nitrogens is 2. The molecular weight excluding hydrogens is 327 g/mol. The number of pyridine rings is 1. The average Bonchev–Trinajstić information content (AvgIpc) is 2.64. The van der Waals surface area contributed by atoms with Crippen molar-refractivity contribution in [3.63, 3.8) is 0 Å². The Balaban J connectivity index is 0.00000108. The van der Waals surface area contributed by atoms with Crippen molar-refractivity contribution in [1.82, 2.24) is 4.40 Å². The van der Waals surface area contributed by atoms with E-state index in [1.807, 2.05) is 24.3 Å². The molecule has 3 aromatic rings. The molecule has 0 aliphatic carbocycles. The summed E-state index contributed by atoms with van der Waals surface area (Å²) in [4.78, 5) is 0. The zero-order chi connectivity index (χ0) is 11.1. The second-order valence-electron chi connectivity index (χ2n) is 3.82. The molecule has 0 amide bonds. The van der Waals surface area contributed by atoms with E-state index in [2.05, 4.69) is 34.3 Å². The van der Waals surface area contributed by atoms with Gasteiger partial charge in [0, 0.05) is 0 Å². The number of benzene rings is 1. The monoisotopic (exact) mass is 340 g/mol. The van der Waals surface area contributed by atoms with E-state index in [1.54, 1.807) is 7.11 Å². The summed E-state index contributed by atoms with van der Waals surface area (Å²) in [6.45, 7) is 0. The summed E-state index contributed by atoms with van der Waals surface area (Å²) in [6, 6.07) is 12.3. The van der Waals surface area contributed by atoms with Crippen LogP contribution in [-0.2, 0) is 7.05 Å². The predicted octanol–water partition coefficient (Wildman–Crippen LogP) is -1.07. The van der Waals surface area contributed by atoms with Gasteiger partial charge in [-0.25, -0.2) is 4.57 Å². The number of hydrogen-bond acceptors (Lipinski definition) is 1. The molecule has 88 valence electrons. The lowest BCUT2D eigenvalue weighted by Gasteiger charge is -1.97. The number of ether oxygens (including phenoxy) is 1. The molecule has 2 heterocycles. The van der Waals surface area contributed by atoms with Crippen LogP contribution in [0.3, 0.4) is 0 Å². The third kappa shape index (κ3) is 1.67. The molecule has 0 N–H and O–H groups in total. The Morgan fingerprint density at radius 1 is 1.12 bits per heavy atom. The van der Waals surface area contributed by atoms with Gasteiger partial charge in [-0.1, -0.05) is 12.1 Å². The Morgan fingerprint density at radius 3 is 2.65 bits per heavy atom. The van der Waals surface area contributed by atoms with Gasteiger partial charge >= 0.3 is 5.65 Å². The minimum Gasteiger partial charge on any atom is -1.00 e. The molecule has 0 bridgehead atoms. The van der Waals surface area contributed by atoms with Crippen LogP contribution in [-0.4, -0.2) is 11.5 Å². The standard InChI is InChI=1S/C13H13N2O.HI/c1-14-10-6-3-4-7-11(10)15-9-5-8-12(16-2)13(14)15;/h3-9H,1-2H3;1H/q+1;/p-1. The summed E-state index contributed by atoms with van der Waals surface area (Å²) >= 11 is 0. The number of methoxy groups -OCH3 is 1. The van der Waals surface area contributed by atoms with Gasteiger partial charge in [0.1, 0.15) is 0 Å². The fourth-order valence-electron chi connectivity index (χ4n) is 2.23. The van der Waals surface area contributed by atoms with Crippen LogP contribution in [0.5, 0.6) is 5.75 Å². The van der Waals surface area contributed by atoms with Crippen molar-refractivity contribution in [2.24, 2.45) is 7.05 Å². The number of imidazole rings is 1. The van der Waals surface area contributed by atoms with Crippen LogP contribution in [0.25, 0.3) is 16.7 Å². The Bertz CT molecular complexity index is 676. The largest absolute Gasteiger partial charge is 1.00 e. The molecule has 0 fully saturated rings. The lowest BCUT2D eigenvalue weighted by molar-refractivity contribution is -0.618. The topological polar surface area (TPSA) is 17.5 Å². The average molecular weight is 340 g/mol. The first kappa shape index (κ1) is 12.2. The molecule has 0 saturated heterocycles. The van der Waals surface area contributed by atoms with E-state index in [0.717, 1.165) is 11.4 Å². The highest BCUT2D eigenvalue weighted by Crippen LogP contribution is 2.21. The highest BCUT2D eigenvalue weighted by atomic mass is 127. The summed E-state index contributed by atoms with van der Waals surface area (Å²) in [5.74, 6) is 0.890. The molecule has 4 heteroatoms. The van der Waals surface area contributed by atoms with Crippen molar-refractivity contribution in [1.29, 1.82) is 0 Å². The zero-order valence-corrected chi connectivity index (χ0v) is 11.9. The van der Waals surface area contributed by atoms with E-state index in [-0.39, 0.29) is 24.0 Å². The van der Waals surface area contributed by atoms with Crippen LogP contribution in [0.4, 0.5) is 0 Å². The summed E-state index contributed by atoms with van der Waals surface area (Å²) < 4.78 is 9.69. The minimum atomic E-state index is 0. The number of nitrogens with zero attached hydrogens (tertiary/aromatic N) is 2. The molecular formula is C13H13IN2O. The molecule has 3 rings (SSSR count). The Kier molecular flexibility index (Phi) is 3.24. The molecule has 0 radical (unpaired) electrons. The van der Waals surface area contributed by atoms with Crippen LogP contribution < -0.4 is 33.3 Å². The van der Waals surface area contributed by atoms with Crippen LogP contribution >= 0.6 is 0 Å². The van der Waals surface area contributed by atoms with Crippen molar-refractivity contribution < 1.29 is 33.3 Å². The lowest BCUT2D eigenvalue weighted by atomic mass is 10.3. The molecule has 0 aliphatic heterocycles. The van der Waals surface area contributed by atoms with E-state index in [9.17, 15) is 0 Å². The van der Waals surface area contributed by atoms with Crippen molar-refractivity contribution in [3.05, 3.63) is 42.6 Å². The molecule has 0 atom stereocenters. The first-order chi connectivity index (χ1) is 7.83. The molecule has 0 unspecified atom stereocenters. The maximum absolute atomic E-state index is 5.40. The highest BCUT2D eigenvalue weighted by molar-refractivity contribution is 5.77. The maximum Gasteiger partial charge on any atom is 0.330 e.